The predicted molar refractivity (Wildman–Crippen MR) is 86.6 cm³/mol. The summed E-state index contributed by atoms with van der Waals surface area (Å²) in [5, 5.41) is 3.86. The summed E-state index contributed by atoms with van der Waals surface area (Å²) in [5.41, 5.74) is 1.02. The highest BCUT2D eigenvalue weighted by atomic mass is 35.5. The van der Waals surface area contributed by atoms with Gasteiger partial charge < -0.3 is 5.32 Å². The van der Waals surface area contributed by atoms with Gasteiger partial charge in [-0.1, -0.05) is 41.0 Å². The molecule has 0 radical (unpaired) electrons. The maximum Gasteiger partial charge on any atom is 0.230 e. The first-order chi connectivity index (χ1) is 9.56. The third-order valence-corrected chi connectivity index (χ3v) is 5.51. The van der Waals surface area contributed by atoms with Gasteiger partial charge in [-0.15, -0.1) is 11.8 Å². The lowest BCUT2D eigenvalue weighted by Gasteiger charge is -2.09. The molecule has 1 atom stereocenters. The van der Waals surface area contributed by atoms with E-state index >= 15 is 0 Å². The Morgan fingerprint density at radius 2 is 2.20 bits per heavy atom. The van der Waals surface area contributed by atoms with Gasteiger partial charge in [0.15, 0.2) is 0 Å². The normalized spacial score (nSPS) is 18.3. The van der Waals surface area contributed by atoms with Crippen molar-refractivity contribution < 1.29 is 9.59 Å². The van der Waals surface area contributed by atoms with Crippen LogP contribution in [0.2, 0.25) is 10.0 Å². The number of carbonyl (C=O) groups is 2. The maximum absolute atomic E-state index is 11.7. The van der Waals surface area contributed by atoms with E-state index in [9.17, 15) is 9.59 Å². The van der Waals surface area contributed by atoms with Crippen LogP contribution in [-0.4, -0.2) is 28.6 Å². The smallest absolute Gasteiger partial charge is 0.230 e. The van der Waals surface area contributed by atoms with E-state index in [2.05, 4.69) is 5.32 Å². The Labute approximate surface area is 136 Å². The van der Waals surface area contributed by atoms with E-state index in [-0.39, 0.29) is 17.1 Å². The molecular formula is C13H13Cl2NO2S2. The molecule has 0 aromatic heterocycles. The Bertz CT molecular complexity index is 525. The van der Waals surface area contributed by atoms with Crippen LogP contribution in [-0.2, 0) is 15.3 Å². The first-order valence-corrected chi connectivity index (χ1v) is 8.93. The Balaban J connectivity index is 1.73. The van der Waals surface area contributed by atoms with Gasteiger partial charge in [-0.05, 0) is 24.1 Å². The average Bonchev–Trinajstić information content (AvgIpc) is 2.79. The number of hydrogen-bond acceptors (Lipinski definition) is 4. The van der Waals surface area contributed by atoms with Gasteiger partial charge in [-0.3, -0.25) is 9.59 Å². The van der Waals surface area contributed by atoms with Gasteiger partial charge in [0.25, 0.3) is 0 Å². The molecule has 1 heterocycles. The van der Waals surface area contributed by atoms with Crippen LogP contribution in [0.3, 0.4) is 0 Å². The van der Waals surface area contributed by atoms with Gasteiger partial charge in [0.2, 0.25) is 11.0 Å². The minimum absolute atomic E-state index is 0.0628. The van der Waals surface area contributed by atoms with Crippen LogP contribution in [0.25, 0.3) is 0 Å². The fourth-order valence-electron chi connectivity index (χ4n) is 1.75. The summed E-state index contributed by atoms with van der Waals surface area (Å²) in [4.78, 5) is 23.1. The summed E-state index contributed by atoms with van der Waals surface area (Å²) < 4.78 is 0. The van der Waals surface area contributed by atoms with Crippen LogP contribution in [0.5, 0.6) is 0 Å². The third-order valence-electron chi connectivity index (χ3n) is 2.76. The average molecular weight is 350 g/mol. The summed E-state index contributed by atoms with van der Waals surface area (Å²) in [6, 6.07) is 5.12. The molecule has 1 saturated heterocycles. The fraction of sp³-hybridized carbons (Fsp3) is 0.385. The number of carbonyl (C=O) groups excluding carboxylic acids is 2. The Morgan fingerprint density at radius 3 is 2.85 bits per heavy atom. The molecule has 1 aromatic carbocycles. The molecular weight excluding hydrogens is 337 g/mol. The lowest BCUT2D eigenvalue weighted by atomic mass is 10.2. The van der Waals surface area contributed by atoms with Crippen molar-refractivity contribution >= 4 is 57.7 Å². The zero-order valence-corrected chi connectivity index (χ0v) is 13.7. The van der Waals surface area contributed by atoms with Crippen molar-refractivity contribution in [2.24, 2.45) is 0 Å². The quantitative estimate of drug-likeness (QED) is 0.884. The van der Waals surface area contributed by atoms with Crippen LogP contribution in [0.15, 0.2) is 18.2 Å². The second-order valence-electron chi connectivity index (χ2n) is 4.32. The van der Waals surface area contributed by atoms with Gasteiger partial charge in [0, 0.05) is 11.5 Å². The van der Waals surface area contributed by atoms with Crippen LogP contribution in [0.1, 0.15) is 12.0 Å². The van der Waals surface area contributed by atoms with E-state index in [1.54, 1.807) is 12.1 Å². The number of rotatable bonds is 5. The van der Waals surface area contributed by atoms with Crippen LogP contribution >= 0.6 is 46.7 Å². The van der Waals surface area contributed by atoms with Gasteiger partial charge in [-0.2, -0.15) is 0 Å². The first-order valence-electron chi connectivity index (χ1n) is 6.04. The van der Waals surface area contributed by atoms with Crippen LogP contribution < -0.4 is 5.32 Å². The molecule has 0 saturated carbocycles. The van der Waals surface area contributed by atoms with Crippen molar-refractivity contribution in [3.63, 3.8) is 0 Å². The summed E-state index contributed by atoms with van der Waals surface area (Å²) in [5.74, 6) is 1.70. The Morgan fingerprint density at radius 1 is 1.40 bits per heavy atom. The Hall–Kier alpha value is -0.360. The van der Waals surface area contributed by atoms with Crippen molar-refractivity contribution in [3.8, 4) is 0 Å². The molecule has 1 N–H and O–H groups in total. The van der Waals surface area contributed by atoms with Crippen molar-refractivity contribution in [1.29, 1.82) is 0 Å². The van der Waals surface area contributed by atoms with Crippen LogP contribution in [0, 0.1) is 0 Å². The second-order valence-corrected chi connectivity index (χ2v) is 7.22. The molecule has 1 aliphatic heterocycles. The molecule has 0 bridgehead atoms. The number of thioether (sulfide) groups is 2. The van der Waals surface area contributed by atoms with E-state index in [1.807, 2.05) is 6.07 Å². The molecule has 1 fully saturated rings. The number of hydrogen-bond donors (Lipinski definition) is 1. The number of amides is 1. The monoisotopic (exact) mass is 349 g/mol. The van der Waals surface area contributed by atoms with Gasteiger partial charge in [0.1, 0.15) is 0 Å². The number of nitrogens with one attached hydrogen (secondary N) is 1. The molecule has 1 amide bonds. The number of benzene rings is 1. The largest absolute Gasteiger partial charge is 0.345 e. The summed E-state index contributed by atoms with van der Waals surface area (Å²) in [6.07, 6.45) is 0.729. The molecule has 1 unspecified atom stereocenters. The van der Waals surface area contributed by atoms with E-state index in [0.717, 1.165) is 17.7 Å². The molecule has 0 aliphatic carbocycles. The van der Waals surface area contributed by atoms with Crippen molar-refractivity contribution in [2.75, 3.05) is 11.5 Å². The molecule has 1 aromatic rings. The molecule has 20 heavy (non-hydrogen) atoms. The van der Waals surface area contributed by atoms with Crippen molar-refractivity contribution in [3.05, 3.63) is 33.8 Å². The summed E-state index contributed by atoms with van der Waals surface area (Å²) >= 11 is 14.5. The molecule has 108 valence electrons. The maximum atomic E-state index is 11.7. The molecule has 1 aliphatic rings. The van der Waals surface area contributed by atoms with E-state index in [1.165, 1.54) is 23.5 Å². The minimum atomic E-state index is -0.307. The lowest BCUT2D eigenvalue weighted by molar-refractivity contribution is -0.122. The van der Waals surface area contributed by atoms with Gasteiger partial charge in [-0.25, -0.2) is 0 Å². The zero-order valence-electron chi connectivity index (χ0n) is 10.5. The minimum Gasteiger partial charge on any atom is -0.345 e. The second kappa shape index (κ2) is 7.59. The highest BCUT2D eigenvalue weighted by Crippen LogP contribution is 2.24. The topological polar surface area (TPSA) is 46.2 Å². The highest BCUT2D eigenvalue weighted by molar-refractivity contribution is 8.14. The molecule has 7 heteroatoms. The summed E-state index contributed by atoms with van der Waals surface area (Å²) in [6.45, 7) is 0. The highest BCUT2D eigenvalue weighted by Gasteiger charge is 2.26. The van der Waals surface area contributed by atoms with Crippen LogP contribution in [0.4, 0.5) is 0 Å². The molecule has 0 spiro atoms. The summed E-state index contributed by atoms with van der Waals surface area (Å²) in [7, 11) is 0. The first kappa shape index (κ1) is 16.0. The van der Waals surface area contributed by atoms with Gasteiger partial charge >= 0.3 is 0 Å². The van der Waals surface area contributed by atoms with E-state index in [4.69, 9.17) is 23.2 Å². The fourth-order valence-corrected chi connectivity index (χ4v) is 3.79. The predicted octanol–water partition coefficient (Wildman–Crippen LogP) is 3.37. The SMILES string of the molecule is O=C(CSCc1ccc(Cl)c(Cl)c1)NC1CCSC1=O. The zero-order chi connectivity index (χ0) is 14.5. The third kappa shape index (κ3) is 4.58. The lowest BCUT2D eigenvalue weighted by Crippen LogP contribution is -2.38. The van der Waals surface area contributed by atoms with Crippen molar-refractivity contribution in [2.45, 2.75) is 18.2 Å². The molecule has 3 nitrogen and oxygen atoms in total. The van der Waals surface area contributed by atoms with Gasteiger partial charge in [0.05, 0.1) is 21.8 Å². The number of halogens is 2. The molecule has 2 rings (SSSR count). The standard InChI is InChI=1S/C13H13Cl2NO2S2/c14-9-2-1-8(5-10(9)15)6-19-7-12(17)16-11-3-4-20-13(11)18/h1-2,5,11H,3-4,6-7H2,(H,16,17). The Kier molecular flexibility index (Phi) is 6.08. The van der Waals surface area contributed by atoms with Crippen molar-refractivity contribution in [1.82, 2.24) is 5.32 Å². The van der Waals surface area contributed by atoms with E-state index < -0.39 is 0 Å². The van der Waals surface area contributed by atoms with E-state index in [0.29, 0.717) is 21.6 Å².